The molecule has 2 N–H and O–H groups in total. The Hall–Kier alpha value is -2.50. The first-order valence-electron chi connectivity index (χ1n) is 8.20. The van der Waals surface area contributed by atoms with Crippen molar-refractivity contribution in [1.82, 2.24) is 15.3 Å². The summed E-state index contributed by atoms with van der Waals surface area (Å²) >= 11 is 0. The summed E-state index contributed by atoms with van der Waals surface area (Å²) in [4.78, 5) is 27.8. The minimum Gasteiger partial charge on any atom is -0.343 e. The number of amides is 1. The van der Waals surface area contributed by atoms with Crippen LogP contribution in [0.15, 0.2) is 34.0 Å². The average Bonchev–Trinajstić information content (AvgIpc) is 2.48. The molecule has 1 aromatic carbocycles. The second kappa shape index (κ2) is 6.25. The molecular weight excluding hydrogens is 424 g/mol. The first-order chi connectivity index (χ1) is 12.8. The van der Waals surface area contributed by atoms with Crippen molar-refractivity contribution in [2.45, 2.75) is 38.6 Å². The molecule has 0 radical (unpaired) electrons. The van der Waals surface area contributed by atoms with E-state index >= 15 is 0 Å². The number of carbonyl (C=O) groups excluding carboxylic acids is 1. The van der Waals surface area contributed by atoms with E-state index in [0.717, 1.165) is 6.07 Å². The first-order valence-corrected chi connectivity index (χ1v) is 10.2. The molecule has 29 heavy (non-hydrogen) atoms. The van der Waals surface area contributed by atoms with E-state index in [-0.39, 0.29) is 23.7 Å². The van der Waals surface area contributed by atoms with Gasteiger partial charge in [0.25, 0.3) is 11.5 Å². The van der Waals surface area contributed by atoms with E-state index in [1.165, 1.54) is 6.92 Å². The molecule has 5 nitrogen and oxygen atoms in total. The average molecular weight is 443 g/mol. The Labute approximate surface area is 162 Å². The van der Waals surface area contributed by atoms with E-state index in [1.807, 2.05) is 0 Å². The lowest BCUT2D eigenvalue weighted by molar-refractivity contribution is 0.0894. The van der Waals surface area contributed by atoms with Gasteiger partial charge < -0.3 is 10.3 Å². The van der Waals surface area contributed by atoms with Gasteiger partial charge in [0, 0.05) is 11.6 Å². The molecule has 2 aromatic rings. The van der Waals surface area contributed by atoms with Crippen LogP contribution in [0.3, 0.4) is 0 Å². The molecule has 2 rings (SSSR count). The number of nitrogens with zero attached hydrogens (tertiary/aromatic N) is 1. The molecule has 1 unspecified atom stereocenters. The van der Waals surface area contributed by atoms with E-state index in [2.05, 4.69) is 15.3 Å². The van der Waals surface area contributed by atoms with Crippen LogP contribution in [0.4, 0.5) is 23.8 Å². The number of nitrogens with one attached hydrogen (secondary N) is 2. The summed E-state index contributed by atoms with van der Waals surface area (Å²) in [6.07, 6.45) is 0. The molecule has 1 aromatic heterocycles. The minimum atomic E-state index is -10.1. The third-order valence-electron chi connectivity index (χ3n) is 3.96. The summed E-state index contributed by atoms with van der Waals surface area (Å²) < 4.78 is 79.1. The number of halogens is 6. The van der Waals surface area contributed by atoms with Crippen LogP contribution in [-0.2, 0) is 0 Å². The van der Waals surface area contributed by atoms with Crippen molar-refractivity contribution in [2.24, 2.45) is 5.41 Å². The molecule has 0 fully saturated rings. The highest BCUT2D eigenvalue weighted by Gasteiger charge is 2.65. The molecule has 0 aliphatic heterocycles. The van der Waals surface area contributed by atoms with Gasteiger partial charge >= 0.3 is 10.2 Å². The molecule has 0 bridgehead atoms. The number of carbonyl (C=O) groups is 1. The zero-order valence-electron chi connectivity index (χ0n) is 15.8. The fourth-order valence-corrected chi connectivity index (χ4v) is 3.29. The van der Waals surface area contributed by atoms with Gasteiger partial charge in [-0.1, -0.05) is 46.3 Å². The van der Waals surface area contributed by atoms with Gasteiger partial charge in [-0.05, 0) is 24.5 Å². The van der Waals surface area contributed by atoms with Crippen LogP contribution in [0.5, 0.6) is 0 Å². The highest BCUT2D eigenvalue weighted by atomic mass is 32.5. The third-order valence-corrected chi connectivity index (χ3v) is 5.11. The van der Waals surface area contributed by atoms with E-state index in [4.69, 9.17) is 0 Å². The second-order valence-corrected chi connectivity index (χ2v) is 10.1. The number of rotatable bonds is 4. The first kappa shape index (κ1) is 22.8. The Bertz CT molecular complexity index is 1030. The Kier molecular flexibility index (Phi) is 4.91. The van der Waals surface area contributed by atoms with Gasteiger partial charge in [-0.3, -0.25) is 9.59 Å². The lowest BCUT2D eigenvalue weighted by Crippen LogP contribution is -2.38. The number of aryl methyl sites for hydroxylation is 1. The number of H-pyrrole nitrogens is 1. The van der Waals surface area contributed by atoms with Crippen LogP contribution in [-0.4, -0.2) is 15.9 Å². The van der Waals surface area contributed by atoms with Gasteiger partial charge in [0.05, 0.1) is 6.04 Å². The summed E-state index contributed by atoms with van der Waals surface area (Å²) in [5.74, 6) is -2.29. The lowest BCUT2D eigenvalue weighted by Gasteiger charge is -2.41. The molecule has 0 saturated carbocycles. The maximum absolute atomic E-state index is 14.4. The standard InChI is InChI=1S/C17H19F6N3O2S/c1-9-24-13(8-14(27)25-9)16(28)26-15(17(2,3)4)11-6-5-10(7-12(11)18)29(19,20,21,22)23/h5-8,15H,1-4H3,(H,26,28)(H,24,25,27). The van der Waals surface area contributed by atoms with Gasteiger partial charge in [0.15, 0.2) is 0 Å². The quantitative estimate of drug-likeness (QED) is 0.622. The van der Waals surface area contributed by atoms with Crippen molar-refractivity contribution in [2.75, 3.05) is 0 Å². The SMILES string of the molecule is Cc1nc(C(=O)NC(c2ccc(S(F)(F)(F)(F)F)cc2F)C(C)(C)C)cc(=O)[nH]1. The molecule has 1 heterocycles. The van der Waals surface area contributed by atoms with E-state index in [9.17, 15) is 33.4 Å². The van der Waals surface area contributed by atoms with Gasteiger partial charge in [-0.2, -0.15) is 0 Å². The highest BCUT2D eigenvalue weighted by Crippen LogP contribution is 3.02. The molecule has 162 valence electrons. The minimum absolute atomic E-state index is 0.0838. The van der Waals surface area contributed by atoms with Crippen LogP contribution in [0, 0.1) is 18.2 Å². The Morgan fingerprint density at radius 2 is 1.72 bits per heavy atom. The third kappa shape index (κ3) is 5.52. The predicted octanol–water partition coefficient (Wildman–Crippen LogP) is 5.39. The van der Waals surface area contributed by atoms with Crippen LogP contribution < -0.4 is 10.9 Å². The molecular formula is C17H19F6N3O2S. The summed E-state index contributed by atoms with van der Waals surface area (Å²) in [7, 11) is -10.1. The number of benzene rings is 1. The lowest BCUT2D eigenvalue weighted by atomic mass is 9.82. The zero-order chi connectivity index (χ0) is 22.5. The van der Waals surface area contributed by atoms with Crippen molar-refractivity contribution in [3.05, 3.63) is 57.5 Å². The van der Waals surface area contributed by atoms with Crippen LogP contribution in [0.1, 0.15) is 48.7 Å². The monoisotopic (exact) mass is 443 g/mol. The summed E-state index contributed by atoms with van der Waals surface area (Å²) in [5, 5.41) is 2.41. The Balaban J connectivity index is 2.49. The molecule has 0 spiro atoms. The van der Waals surface area contributed by atoms with Gasteiger partial charge in [0.1, 0.15) is 22.2 Å². The summed E-state index contributed by atoms with van der Waals surface area (Å²) in [5.41, 5.74) is -2.24. The molecule has 0 aliphatic carbocycles. The fourth-order valence-electron chi connectivity index (χ4n) is 2.64. The normalized spacial score (nSPS) is 15.9. The van der Waals surface area contributed by atoms with Gasteiger partial charge in [-0.15, -0.1) is 0 Å². The second-order valence-electron chi connectivity index (χ2n) is 7.64. The zero-order valence-corrected chi connectivity index (χ0v) is 16.6. The molecule has 1 amide bonds. The maximum atomic E-state index is 14.4. The predicted molar refractivity (Wildman–Crippen MR) is 97.1 cm³/mol. The van der Waals surface area contributed by atoms with Crippen LogP contribution in [0.25, 0.3) is 0 Å². The summed E-state index contributed by atoms with van der Waals surface area (Å²) in [6, 6.07) is 0.0620. The number of hydrogen-bond acceptors (Lipinski definition) is 3. The van der Waals surface area contributed by atoms with E-state index in [0.29, 0.717) is 6.07 Å². The van der Waals surface area contributed by atoms with Crippen LogP contribution in [0.2, 0.25) is 0 Å². The van der Waals surface area contributed by atoms with Crippen LogP contribution >= 0.6 is 10.2 Å². The van der Waals surface area contributed by atoms with Gasteiger partial charge in [-0.25, -0.2) is 9.37 Å². The molecule has 0 saturated heterocycles. The molecule has 1 atom stereocenters. The summed E-state index contributed by atoms with van der Waals surface area (Å²) in [6.45, 7) is 6.11. The highest BCUT2D eigenvalue weighted by molar-refractivity contribution is 8.45. The largest absolute Gasteiger partial charge is 0.343 e. The Morgan fingerprint density at radius 3 is 2.17 bits per heavy atom. The van der Waals surface area contributed by atoms with Crippen molar-refractivity contribution in [1.29, 1.82) is 0 Å². The van der Waals surface area contributed by atoms with Gasteiger partial charge in [0.2, 0.25) is 0 Å². The fraction of sp³-hybridized carbons (Fsp3) is 0.353. The van der Waals surface area contributed by atoms with E-state index in [1.54, 1.807) is 20.8 Å². The number of hydrogen-bond donors (Lipinski definition) is 2. The molecule has 12 heteroatoms. The number of aromatic nitrogens is 2. The van der Waals surface area contributed by atoms with Crippen molar-refractivity contribution in [3.63, 3.8) is 0 Å². The van der Waals surface area contributed by atoms with E-state index < -0.39 is 49.4 Å². The number of aromatic amines is 1. The van der Waals surface area contributed by atoms with Crippen molar-refractivity contribution >= 4 is 16.1 Å². The maximum Gasteiger partial charge on any atom is 0.310 e. The van der Waals surface area contributed by atoms with Crippen molar-refractivity contribution in [3.8, 4) is 0 Å². The Morgan fingerprint density at radius 1 is 1.14 bits per heavy atom. The van der Waals surface area contributed by atoms with Crippen molar-refractivity contribution < 1.29 is 28.6 Å². The molecule has 0 aliphatic rings. The smallest absolute Gasteiger partial charge is 0.310 e. The topological polar surface area (TPSA) is 74.8 Å².